The Morgan fingerprint density at radius 2 is 1.90 bits per heavy atom. The molecule has 3 nitrogen and oxygen atoms in total. The van der Waals surface area contributed by atoms with Crippen LogP contribution in [0.2, 0.25) is 0 Å². The molecule has 1 amide bonds. The zero-order valence-corrected chi connectivity index (χ0v) is 12.9. The third-order valence-corrected chi connectivity index (χ3v) is 5.10. The summed E-state index contributed by atoms with van der Waals surface area (Å²) < 4.78 is 0. The number of carbonyl (C=O) groups is 1. The van der Waals surface area contributed by atoms with E-state index in [1.165, 1.54) is 19.3 Å². The van der Waals surface area contributed by atoms with Crippen LogP contribution < -0.4 is 11.1 Å². The predicted molar refractivity (Wildman–Crippen MR) is 85.0 cm³/mol. The fourth-order valence-electron chi connectivity index (χ4n) is 3.45. The second-order valence-electron chi connectivity index (χ2n) is 6.81. The first-order valence-electron chi connectivity index (χ1n) is 8.29. The Labute approximate surface area is 127 Å². The van der Waals surface area contributed by atoms with Gasteiger partial charge in [-0.15, -0.1) is 0 Å². The van der Waals surface area contributed by atoms with Crippen LogP contribution in [-0.2, 0) is 10.3 Å². The maximum Gasteiger partial charge on any atom is 0.227 e. The van der Waals surface area contributed by atoms with Crippen LogP contribution in [0.5, 0.6) is 0 Å². The molecule has 21 heavy (non-hydrogen) atoms. The minimum absolute atomic E-state index is 0.121. The topological polar surface area (TPSA) is 55.1 Å². The van der Waals surface area contributed by atoms with E-state index in [1.807, 2.05) is 19.1 Å². The van der Waals surface area contributed by atoms with Crippen LogP contribution in [0.15, 0.2) is 24.3 Å². The fourth-order valence-corrected chi connectivity index (χ4v) is 3.45. The average molecular weight is 286 g/mol. The lowest BCUT2D eigenvalue weighted by Gasteiger charge is -2.26. The van der Waals surface area contributed by atoms with Gasteiger partial charge in [0.05, 0.1) is 5.92 Å². The molecule has 1 aromatic rings. The molecule has 2 saturated carbocycles. The van der Waals surface area contributed by atoms with E-state index in [-0.39, 0.29) is 17.4 Å². The van der Waals surface area contributed by atoms with Crippen molar-refractivity contribution in [2.24, 2.45) is 5.73 Å². The van der Waals surface area contributed by atoms with Gasteiger partial charge in [0.15, 0.2) is 0 Å². The Hall–Kier alpha value is -1.35. The SMILES string of the molecule is CC(C(=O)NC1CCCCC1)c1ccccc1C1(N)CC1. The lowest BCUT2D eigenvalue weighted by Crippen LogP contribution is -2.39. The van der Waals surface area contributed by atoms with E-state index in [2.05, 4.69) is 17.4 Å². The van der Waals surface area contributed by atoms with Crippen molar-refractivity contribution in [3.8, 4) is 0 Å². The molecule has 0 radical (unpaired) electrons. The molecule has 0 aromatic heterocycles. The molecule has 0 spiro atoms. The van der Waals surface area contributed by atoms with Crippen molar-refractivity contribution in [2.45, 2.75) is 69.4 Å². The second-order valence-corrected chi connectivity index (χ2v) is 6.81. The van der Waals surface area contributed by atoms with Crippen LogP contribution in [0.1, 0.15) is 68.9 Å². The normalized spacial score (nSPS) is 22.6. The number of nitrogens with one attached hydrogen (secondary N) is 1. The standard InChI is InChI=1S/C18H26N2O/c1-13(17(21)20-14-7-3-2-4-8-14)15-9-5-6-10-16(15)18(19)11-12-18/h5-6,9-10,13-14H,2-4,7-8,11-12,19H2,1H3,(H,20,21). The highest BCUT2D eigenvalue weighted by Gasteiger charge is 2.42. The number of carbonyl (C=O) groups excluding carboxylic acids is 1. The van der Waals surface area contributed by atoms with Crippen LogP contribution in [-0.4, -0.2) is 11.9 Å². The molecule has 3 rings (SSSR count). The quantitative estimate of drug-likeness (QED) is 0.893. The molecule has 2 aliphatic carbocycles. The molecule has 0 saturated heterocycles. The van der Waals surface area contributed by atoms with E-state index in [9.17, 15) is 4.79 Å². The van der Waals surface area contributed by atoms with Crippen LogP contribution >= 0.6 is 0 Å². The first kappa shape index (κ1) is 14.6. The number of amides is 1. The Morgan fingerprint density at radius 1 is 1.24 bits per heavy atom. The number of benzene rings is 1. The fraction of sp³-hybridized carbons (Fsp3) is 0.611. The molecular formula is C18H26N2O. The van der Waals surface area contributed by atoms with Crippen molar-refractivity contribution in [2.75, 3.05) is 0 Å². The summed E-state index contributed by atoms with van der Waals surface area (Å²) in [4.78, 5) is 12.6. The lowest BCUT2D eigenvalue weighted by molar-refractivity contribution is -0.123. The van der Waals surface area contributed by atoms with E-state index in [4.69, 9.17) is 5.73 Å². The summed E-state index contributed by atoms with van der Waals surface area (Å²) in [5, 5.41) is 3.24. The summed E-state index contributed by atoms with van der Waals surface area (Å²) >= 11 is 0. The third-order valence-electron chi connectivity index (χ3n) is 5.10. The summed E-state index contributed by atoms with van der Waals surface area (Å²) in [5.41, 5.74) is 8.44. The average Bonchev–Trinajstić information content (AvgIpc) is 3.26. The zero-order chi connectivity index (χ0) is 14.9. The van der Waals surface area contributed by atoms with Crippen molar-refractivity contribution < 1.29 is 4.79 Å². The van der Waals surface area contributed by atoms with Crippen LogP contribution in [0.4, 0.5) is 0 Å². The molecule has 3 N–H and O–H groups in total. The molecule has 0 heterocycles. The van der Waals surface area contributed by atoms with Gasteiger partial charge in [-0.05, 0) is 43.7 Å². The molecule has 0 bridgehead atoms. The van der Waals surface area contributed by atoms with Crippen molar-refractivity contribution in [1.82, 2.24) is 5.32 Å². The molecule has 3 heteroatoms. The molecule has 0 aliphatic heterocycles. The van der Waals surface area contributed by atoms with Gasteiger partial charge in [0.1, 0.15) is 0 Å². The monoisotopic (exact) mass is 286 g/mol. The largest absolute Gasteiger partial charge is 0.353 e. The van der Waals surface area contributed by atoms with Gasteiger partial charge in [-0.3, -0.25) is 4.79 Å². The summed E-state index contributed by atoms with van der Waals surface area (Å²) in [5.74, 6) is 0.0303. The summed E-state index contributed by atoms with van der Waals surface area (Å²) in [6.07, 6.45) is 8.09. The Balaban J connectivity index is 1.72. The smallest absolute Gasteiger partial charge is 0.227 e. The van der Waals surface area contributed by atoms with E-state index in [0.29, 0.717) is 6.04 Å². The number of hydrogen-bond donors (Lipinski definition) is 2. The zero-order valence-electron chi connectivity index (χ0n) is 12.9. The van der Waals surface area contributed by atoms with Crippen molar-refractivity contribution >= 4 is 5.91 Å². The van der Waals surface area contributed by atoms with Gasteiger partial charge in [0.25, 0.3) is 0 Å². The third kappa shape index (κ3) is 3.13. The van der Waals surface area contributed by atoms with Gasteiger partial charge >= 0.3 is 0 Å². The first-order valence-corrected chi connectivity index (χ1v) is 8.29. The number of nitrogens with two attached hydrogens (primary N) is 1. The van der Waals surface area contributed by atoms with Gasteiger partial charge < -0.3 is 11.1 Å². The van der Waals surface area contributed by atoms with Crippen LogP contribution in [0, 0.1) is 0 Å². The molecule has 2 fully saturated rings. The molecule has 2 aliphatic rings. The van der Waals surface area contributed by atoms with Crippen molar-refractivity contribution in [1.29, 1.82) is 0 Å². The minimum atomic E-state index is -0.185. The Morgan fingerprint density at radius 3 is 2.57 bits per heavy atom. The summed E-state index contributed by atoms with van der Waals surface area (Å²) in [6.45, 7) is 2.00. The minimum Gasteiger partial charge on any atom is -0.353 e. The Kier molecular flexibility index (Phi) is 4.03. The summed E-state index contributed by atoms with van der Waals surface area (Å²) in [7, 11) is 0. The first-order chi connectivity index (χ1) is 10.1. The van der Waals surface area contributed by atoms with E-state index >= 15 is 0 Å². The van der Waals surface area contributed by atoms with Gasteiger partial charge in [0.2, 0.25) is 5.91 Å². The maximum atomic E-state index is 12.6. The van der Waals surface area contributed by atoms with Gasteiger partial charge in [-0.25, -0.2) is 0 Å². The molecular weight excluding hydrogens is 260 g/mol. The van der Waals surface area contributed by atoms with Crippen molar-refractivity contribution in [3.63, 3.8) is 0 Å². The van der Waals surface area contributed by atoms with E-state index in [1.54, 1.807) is 0 Å². The highest BCUT2D eigenvalue weighted by molar-refractivity contribution is 5.84. The summed E-state index contributed by atoms with van der Waals surface area (Å²) in [6, 6.07) is 8.56. The molecule has 1 unspecified atom stereocenters. The molecule has 1 aromatic carbocycles. The number of rotatable bonds is 4. The van der Waals surface area contributed by atoms with E-state index < -0.39 is 0 Å². The number of hydrogen-bond acceptors (Lipinski definition) is 2. The van der Waals surface area contributed by atoms with Gasteiger partial charge in [0, 0.05) is 11.6 Å². The Bertz CT molecular complexity index is 516. The molecule has 114 valence electrons. The predicted octanol–water partition coefficient (Wildman–Crippen LogP) is 3.19. The lowest BCUT2D eigenvalue weighted by atomic mass is 9.89. The van der Waals surface area contributed by atoms with Gasteiger partial charge in [-0.2, -0.15) is 0 Å². The van der Waals surface area contributed by atoms with Gasteiger partial charge in [-0.1, -0.05) is 43.5 Å². The highest BCUT2D eigenvalue weighted by Crippen LogP contribution is 2.45. The second kappa shape index (κ2) is 5.80. The van der Waals surface area contributed by atoms with Crippen molar-refractivity contribution in [3.05, 3.63) is 35.4 Å². The highest BCUT2D eigenvalue weighted by atomic mass is 16.1. The molecule has 1 atom stereocenters. The van der Waals surface area contributed by atoms with Crippen LogP contribution in [0.3, 0.4) is 0 Å². The maximum absolute atomic E-state index is 12.6. The van der Waals surface area contributed by atoms with Crippen LogP contribution in [0.25, 0.3) is 0 Å². The van der Waals surface area contributed by atoms with E-state index in [0.717, 1.165) is 36.8 Å².